The van der Waals surface area contributed by atoms with Gasteiger partial charge in [-0.2, -0.15) is 4.31 Å². The van der Waals surface area contributed by atoms with Crippen molar-refractivity contribution in [1.82, 2.24) is 13.9 Å². The molecule has 1 fully saturated rings. The molecule has 0 radical (unpaired) electrons. The lowest BCUT2D eigenvalue weighted by Crippen LogP contribution is -2.43. The van der Waals surface area contributed by atoms with Crippen LogP contribution in [0.2, 0.25) is 0 Å². The normalized spacial score (nSPS) is 18.6. The monoisotopic (exact) mass is 394 g/mol. The molecule has 0 bridgehead atoms. The molecule has 3 rings (SSSR count). The third-order valence-corrected chi connectivity index (χ3v) is 6.42. The molecule has 1 amide bonds. The minimum atomic E-state index is -3.77. The molecular formula is C18H23FN4O3S. The molecule has 2 aromatic rings. The highest BCUT2D eigenvalue weighted by Crippen LogP contribution is 2.25. The van der Waals surface area contributed by atoms with E-state index in [-0.39, 0.29) is 29.2 Å². The number of hydrogen-bond acceptors (Lipinski definition) is 4. The largest absolute Gasteiger partial charge is 0.334 e. The molecular weight excluding hydrogens is 371 g/mol. The summed E-state index contributed by atoms with van der Waals surface area (Å²) in [5.41, 5.74) is 0.0955. The Bertz CT molecular complexity index is 926. The van der Waals surface area contributed by atoms with Gasteiger partial charge in [-0.05, 0) is 38.8 Å². The van der Waals surface area contributed by atoms with Gasteiger partial charge < -0.3 is 9.88 Å². The first-order chi connectivity index (χ1) is 12.8. The number of carbonyl (C=O) groups excluding carboxylic acids is 1. The van der Waals surface area contributed by atoms with Crippen LogP contribution < -0.4 is 5.32 Å². The van der Waals surface area contributed by atoms with Crippen LogP contribution in [0.3, 0.4) is 0 Å². The lowest BCUT2D eigenvalue weighted by Gasteiger charge is -2.30. The third kappa shape index (κ3) is 4.19. The fourth-order valence-electron chi connectivity index (χ4n) is 3.04. The molecule has 1 atom stereocenters. The van der Waals surface area contributed by atoms with E-state index >= 15 is 0 Å². The molecule has 1 unspecified atom stereocenters. The molecule has 1 aliphatic heterocycles. The molecule has 1 N–H and O–H groups in total. The van der Waals surface area contributed by atoms with Gasteiger partial charge in [0.05, 0.1) is 17.9 Å². The van der Waals surface area contributed by atoms with Crippen LogP contribution in [0.5, 0.6) is 0 Å². The number of benzene rings is 1. The van der Waals surface area contributed by atoms with Crippen molar-refractivity contribution in [3.63, 3.8) is 0 Å². The molecule has 146 valence electrons. The molecule has 0 saturated carbocycles. The summed E-state index contributed by atoms with van der Waals surface area (Å²) in [6.45, 7) is 4.25. The quantitative estimate of drug-likeness (QED) is 0.845. The zero-order valence-electron chi connectivity index (χ0n) is 15.3. The SMILES string of the molecule is CC(C)n1cnc(S(=O)(=O)N2CCCC(C(=O)Nc3ccccc3F)C2)c1. The molecule has 1 aromatic heterocycles. The minimum Gasteiger partial charge on any atom is -0.334 e. The fraction of sp³-hybridized carbons (Fsp3) is 0.444. The molecule has 1 aromatic carbocycles. The minimum absolute atomic E-state index is 0.0219. The van der Waals surface area contributed by atoms with E-state index in [9.17, 15) is 17.6 Å². The summed E-state index contributed by atoms with van der Waals surface area (Å²) in [4.78, 5) is 16.5. The number of sulfonamides is 1. The predicted molar refractivity (Wildman–Crippen MR) is 99.1 cm³/mol. The van der Waals surface area contributed by atoms with Gasteiger partial charge in [-0.25, -0.2) is 17.8 Å². The number of hydrogen-bond donors (Lipinski definition) is 1. The smallest absolute Gasteiger partial charge is 0.262 e. The molecule has 27 heavy (non-hydrogen) atoms. The van der Waals surface area contributed by atoms with E-state index in [4.69, 9.17) is 0 Å². The van der Waals surface area contributed by atoms with Crippen molar-refractivity contribution in [2.75, 3.05) is 18.4 Å². The maximum absolute atomic E-state index is 13.7. The Morgan fingerprint density at radius 3 is 2.74 bits per heavy atom. The summed E-state index contributed by atoms with van der Waals surface area (Å²) in [5.74, 6) is -1.45. The average molecular weight is 394 g/mol. The summed E-state index contributed by atoms with van der Waals surface area (Å²) in [7, 11) is -3.77. The van der Waals surface area contributed by atoms with Crippen LogP contribution in [0.1, 0.15) is 32.7 Å². The van der Waals surface area contributed by atoms with Crippen LogP contribution in [0.4, 0.5) is 10.1 Å². The number of rotatable bonds is 5. The van der Waals surface area contributed by atoms with E-state index in [1.807, 2.05) is 13.8 Å². The lowest BCUT2D eigenvalue weighted by atomic mass is 9.98. The van der Waals surface area contributed by atoms with Crippen molar-refractivity contribution in [2.45, 2.75) is 37.8 Å². The van der Waals surface area contributed by atoms with E-state index in [1.165, 1.54) is 35.0 Å². The van der Waals surface area contributed by atoms with E-state index < -0.39 is 21.8 Å². The maximum atomic E-state index is 13.7. The van der Waals surface area contributed by atoms with E-state index in [2.05, 4.69) is 10.3 Å². The van der Waals surface area contributed by atoms with Crippen molar-refractivity contribution in [3.8, 4) is 0 Å². The van der Waals surface area contributed by atoms with Gasteiger partial charge in [0.2, 0.25) is 5.91 Å². The number of carbonyl (C=O) groups is 1. The number of halogens is 1. The number of aromatic nitrogens is 2. The highest BCUT2D eigenvalue weighted by atomic mass is 32.2. The van der Waals surface area contributed by atoms with Crippen molar-refractivity contribution in [3.05, 3.63) is 42.6 Å². The molecule has 1 saturated heterocycles. The number of nitrogens with zero attached hydrogens (tertiary/aromatic N) is 3. The van der Waals surface area contributed by atoms with Crippen molar-refractivity contribution in [1.29, 1.82) is 0 Å². The van der Waals surface area contributed by atoms with Gasteiger partial charge in [-0.15, -0.1) is 0 Å². The van der Waals surface area contributed by atoms with Gasteiger partial charge in [0.25, 0.3) is 10.0 Å². The zero-order chi connectivity index (χ0) is 19.6. The van der Waals surface area contributed by atoms with Gasteiger partial charge in [-0.1, -0.05) is 12.1 Å². The second kappa shape index (κ2) is 7.77. The van der Waals surface area contributed by atoms with Crippen molar-refractivity contribution >= 4 is 21.6 Å². The standard InChI is InChI=1S/C18H23FN4O3S/c1-13(2)22-11-17(20-12-22)27(25,26)23-9-5-6-14(10-23)18(24)21-16-8-4-3-7-15(16)19/h3-4,7-8,11-14H,5-6,9-10H2,1-2H3,(H,21,24). The summed E-state index contributed by atoms with van der Waals surface area (Å²) in [6.07, 6.45) is 4.10. The first kappa shape index (κ1) is 19.5. The van der Waals surface area contributed by atoms with Crippen molar-refractivity contribution < 1.29 is 17.6 Å². The number of nitrogens with one attached hydrogen (secondary N) is 1. The first-order valence-corrected chi connectivity index (χ1v) is 10.3. The molecule has 9 heteroatoms. The van der Waals surface area contributed by atoms with Crippen LogP contribution >= 0.6 is 0 Å². The summed E-state index contributed by atoms with van der Waals surface area (Å²) in [6, 6.07) is 6.00. The number of piperidine rings is 1. The lowest BCUT2D eigenvalue weighted by molar-refractivity contribution is -0.120. The summed E-state index contributed by atoms with van der Waals surface area (Å²) < 4.78 is 42.5. The highest BCUT2D eigenvalue weighted by Gasteiger charge is 2.34. The van der Waals surface area contributed by atoms with Crippen LogP contribution in [0, 0.1) is 11.7 Å². The van der Waals surface area contributed by atoms with E-state index in [0.29, 0.717) is 19.4 Å². The second-order valence-electron chi connectivity index (χ2n) is 6.92. The highest BCUT2D eigenvalue weighted by molar-refractivity contribution is 7.89. The van der Waals surface area contributed by atoms with E-state index in [0.717, 1.165) is 0 Å². The van der Waals surface area contributed by atoms with E-state index in [1.54, 1.807) is 10.6 Å². The fourth-order valence-corrected chi connectivity index (χ4v) is 4.48. The van der Waals surface area contributed by atoms with Crippen LogP contribution in [-0.4, -0.2) is 41.3 Å². The first-order valence-electron chi connectivity index (χ1n) is 8.88. The molecule has 1 aliphatic rings. The third-order valence-electron chi connectivity index (χ3n) is 4.66. The summed E-state index contributed by atoms with van der Waals surface area (Å²) in [5, 5.41) is 2.53. The van der Waals surface area contributed by atoms with Gasteiger partial charge in [0.15, 0.2) is 5.03 Å². The Morgan fingerprint density at radius 1 is 1.33 bits per heavy atom. The molecule has 2 heterocycles. The Labute approximate surface area is 158 Å². The Morgan fingerprint density at radius 2 is 2.07 bits per heavy atom. The second-order valence-corrected chi connectivity index (χ2v) is 8.81. The van der Waals surface area contributed by atoms with Gasteiger partial charge >= 0.3 is 0 Å². The van der Waals surface area contributed by atoms with Crippen LogP contribution in [0.25, 0.3) is 0 Å². The molecule has 0 spiro atoms. The number of anilines is 1. The molecule has 0 aliphatic carbocycles. The Balaban J connectivity index is 1.73. The van der Waals surface area contributed by atoms with Crippen LogP contribution in [-0.2, 0) is 14.8 Å². The van der Waals surface area contributed by atoms with Gasteiger partial charge in [0.1, 0.15) is 5.82 Å². The Hall–Kier alpha value is -2.26. The number of amides is 1. The number of para-hydroxylation sites is 1. The molecule has 7 nitrogen and oxygen atoms in total. The zero-order valence-corrected chi connectivity index (χ0v) is 16.1. The predicted octanol–water partition coefficient (Wildman–Crippen LogP) is 2.64. The Kier molecular flexibility index (Phi) is 5.61. The number of imidazole rings is 1. The van der Waals surface area contributed by atoms with Gasteiger partial charge in [-0.3, -0.25) is 4.79 Å². The topological polar surface area (TPSA) is 84.3 Å². The average Bonchev–Trinajstić information content (AvgIpc) is 3.15. The van der Waals surface area contributed by atoms with Gasteiger partial charge in [0, 0.05) is 25.3 Å². The maximum Gasteiger partial charge on any atom is 0.262 e. The summed E-state index contributed by atoms with van der Waals surface area (Å²) >= 11 is 0. The van der Waals surface area contributed by atoms with Crippen molar-refractivity contribution in [2.24, 2.45) is 5.92 Å². The van der Waals surface area contributed by atoms with Crippen LogP contribution in [0.15, 0.2) is 41.8 Å².